The SMILES string of the molecule is Cc1nc(C)c([C@@H](C)NC(=O)c2sccc2C2CC2)s1. The molecule has 3 rings (SSSR count). The Kier molecular flexibility index (Phi) is 3.65. The lowest BCUT2D eigenvalue weighted by Crippen LogP contribution is -2.26. The quantitative estimate of drug-likeness (QED) is 0.920. The van der Waals surface area contributed by atoms with Crippen LogP contribution in [-0.4, -0.2) is 10.9 Å². The number of thiazole rings is 1. The molecule has 1 N–H and O–H groups in total. The molecular weight excluding hydrogens is 288 g/mol. The maximum Gasteiger partial charge on any atom is 0.262 e. The molecule has 2 aromatic heterocycles. The van der Waals surface area contributed by atoms with E-state index in [1.165, 1.54) is 18.4 Å². The molecule has 3 nitrogen and oxygen atoms in total. The fourth-order valence-electron chi connectivity index (χ4n) is 2.50. The topological polar surface area (TPSA) is 42.0 Å². The van der Waals surface area contributed by atoms with Crippen LogP contribution in [0.25, 0.3) is 0 Å². The van der Waals surface area contributed by atoms with Crippen molar-refractivity contribution in [2.75, 3.05) is 0 Å². The fraction of sp³-hybridized carbons (Fsp3) is 0.467. The van der Waals surface area contributed by atoms with E-state index in [2.05, 4.69) is 16.4 Å². The molecule has 1 amide bonds. The van der Waals surface area contributed by atoms with Gasteiger partial charge in [-0.15, -0.1) is 22.7 Å². The number of hydrogen-bond donors (Lipinski definition) is 1. The van der Waals surface area contributed by atoms with Crippen molar-refractivity contribution in [3.63, 3.8) is 0 Å². The molecule has 0 radical (unpaired) electrons. The second-order valence-electron chi connectivity index (χ2n) is 5.36. The first-order valence-corrected chi connectivity index (χ1v) is 8.58. The average molecular weight is 306 g/mol. The molecule has 0 saturated heterocycles. The van der Waals surface area contributed by atoms with Crippen molar-refractivity contribution in [1.82, 2.24) is 10.3 Å². The van der Waals surface area contributed by atoms with Crippen LogP contribution < -0.4 is 5.32 Å². The largest absolute Gasteiger partial charge is 0.344 e. The summed E-state index contributed by atoms with van der Waals surface area (Å²) in [6.45, 7) is 6.03. The number of amides is 1. The van der Waals surface area contributed by atoms with Crippen LogP contribution in [0, 0.1) is 13.8 Å². The molecule has 0 spiro atoms. The van der Waals surface area contributed by atoms with Gasteiger partial charge in [0.2, 0.25) is 0 Å². The molecule has 0 aromatic carbocycles. The van der Waals surface area contributed by atoms with Crippen molar-refractivity contribution in [2.24, 2.45) is 0 Å². The molecule has 1 aliphatic rings. The van der Waals surface area contributed by atoms with Crippen LogP contribution in [0.15, 0.2) is 11.4 Å². The lowest BCUT2D eigenvalue weighted by atomic mass is 10.1. The zero-order chi connectivity index (χ0) is 14.3. The fourth-order valence-corrected chi connectivity index (χ4v) is 4.31. The summed E-state index contributed by atoms with van der Waals surface area (Å²) in [5, 5.41) is 6.19. The van der Waals surface area contributed by atoms with Gasteiger partial charge in [-0.05, 0) is 56.5 Å². The Morgan fingerprint density at radius 2 is 2.20 bits per heavy atom. The first-order chi connectivity index (χ1) is 9.56. The minimum atomic E-state index is 0.0165. The van der Waals surface area contributed by atoms with Crippen LogP contribution in [-0.2, 0) is 0 Å². The van der Waals surface area contributed by atoms with E-state index >= 15 is 0 Å². The van der Waals surface area contributed by atoms with Crippen LogP contribution in [0.5, 0.6) is 0 Å². The first kappa shape index (κ1) is 13.8. The van der Waals surface area contributed by atoms with Crippen LogP contribution in [0.3, 0.4) is 0 Å². The second-order valence-corrected chi connectivity index (χ2v) is 7.51. The van der Waals surface area contributed by atoms with E-state index < -0.39 is 0 Å². The molecule has 2 heterocycles. The molecule has 0 unspecified atom stereocenters. The summed E-state index contributed by atoms with van der Waals surface area (Å²) in [7, 11) is 0. The number of carbonyl (C=O) groups excluding carboxylic acids is 1. The van der Waals surface area contributed by atoms with Gasteiger partial charge in [0, 0.05) is 4.88 Å². The van der Waals surface area contributed by atoms with E-state index in [-0.39, 0.29) is 11.9 Å². The maximum absolute atomic E-state index is 12.4. The Morgan fingerprint density at radius 1 is 1.45 bits per heavy atom. The van der Waals surface area contributed by atoms with Gasteiger partial charge in [-0.1, -0.05) is 0 Å². The molecule has 1 aliphatic carbocycles. The van der Waals surface area contributed by atoms with Crippen molar-refractivity contribution in [3.8, 4) is 0 Å². The van der Waals surface area contributed by atoms with Crippen molar-refractivity contribution in [3.05, 3.63) is 37.5 Å². The normalized spacial score (nSPS) is 16.1. The third-order valence-electron chi connectivity index (χ3n) is 3.60. The Labute approximate surface area is 127 Å². The van der Waals surface area contributed by atoms with Gasteiger partial charge in [0.1, 0.15) is 0 Å². The zero-order valence-corrected chi connectivity index (χ0v) is 13.5. The average Bonchev–Trinajstić information content (AvgIpc) is 3.01. The monoisotopic (exact) mass is 306 g/mol. The van der Waals surface area contributed by atoms with Gasteiger partial charge < -0.3 is 5.32 Å². The molecule has 0 aliphatic heterocycles. The minimum absolute atomic E-state index is 0.0165. The summed E-state index contributed by atoms with van der Waals surface area (Å²) in [6, 6.07) is 2.12. The predicted molar refractivity (Wildman–Crippen MR) is 83.8 cm³/mol. The summed E-state index contributed by atoms with van der Waals surface area (Å²) in [5.41, 5.74) is 2.26. The highest BCUT2D eigenvalue weighted by molar-refractivity contribution is 7.12. The van der Waals surface area contributed by atoms with Crippen molar-refractivity contribution >= 4 is 28.6 Å². The molecule has 1 atom stereocenters. The van der Waals surface area contributed by atoms with Crippen LogP contribution in [0.1, 0.15) is 62.5 Å². The van der Waals surface area contributed by atoms with Gasteiger partial charge in [0.15, 0.2) is 0 Å². The van der Waals surface area contributed by atoms with E-state index in [0.717, 1.165) is 20.5 Å². The highest BCUT2D eigenvalue weighted by Crippen LogP contribution is 2.43. The van der Waals surface area contributed by atoms with Gasteiger partial charge in [0.25, 0.3) is 5.91 Å². The number of nitrogens with zero attached hydrogens (tertiary/aromatic N) is 1. The molecule has 2 aromatic rings. The Bertz CT molecular complexity index is 640. The van der Waals surface area contributed by atoms with E-state index in [9.17, 15) is 4.79 Å². The zero-order valence-electron chi connectivity index (χ0n) is 11.9. The molecule has 20 heavy (non-hydrogen) atoms. The third-order valence-corrected chi connectivity index (χ3v) is 5.78. The number of aryl methyl sites for hydroxylation is 2. The standard InChI is InChI=1S/C15H18N2OS2/c1-8-13(20-10(3)16-8)9(2)17-15(18)14-12(6-7-19-14)11-4-5-11/h6-7,9,11H,4-5H2,1-3H3,(H,17,18)/t9-/m1/s1. The highest BCUT2D eigenvalue weighted by atomic mass is 32.1. The summed E-state index contributed by atoms with van der Waals surface area (Å²) in [5.74, 6) is 0.671. The van der Waals surface area contributed by atoms with E-state index in [1.54, 1.807) is 22.7 Å². The number of thiophene rings is 1. The Morgan fingerprint density at radius 3 is 2.80 bits per heavy atom. The molecule has 0 bridgehead atoms. The highest BCUT2D eigenvalue weighted by Gasteiger charge is 2.29. The van der Waals surface area contributed by atoms with Gasteiger partial charge in [-0.2, -0.15) is 0 Å². The Hall–Kier alpha value is -1.20. The van der Waals surface area contributed by atoms with E-state index in [0.29, 0.717) is 5.92 Å². The second kappa shape index (κ2) is 5.30. The molecular formula is C15H18N2OS2. The van der Waals surface area contributed by atoms with Crippen molar-refractivity contribution < 1.29 is 4.79 Å². The molecule has 5 heteroatoms. The molecule has 106 valence electrons. The Balaban J connectivity index is 1.75. The first-order valence-electron chi connectivity index (χ1n) is 6.88. The summed E-state index contributed by atoms with van der Waals surface area (Å²) < 4.78 is 0. The molecule has 1 saturated carbocycles. The number of hydrogen-bond acceptors (Lipinski definition) is 4. The van der Waals surface area contributed by atoms with Gasteiger partial charge in [0.05, 0.1) is 21.6 Å². The number of rotatable bonds is 4. The lowest BCUT2D eigenvalue weighted by Gasteiger charge is -2.13. The van der Waals surface area contributed by atoms with Gasteiger partial charge in [-0.3, -0.25) is 4.79 Å². The number of aromatic nitrogens is 1. The summed E-state index contributed by atoms with van der Waals surface area (Å²) >= 11 is 3.21. The predicted octanol–water partition coefficient (Wildman–Crippen LogP) is 4.19. The maximum atomic E-state index is 12.4. The van der Waals surface area contributed by atoms with Gasteiger partial charge in [-0.25, -0.2) is 4.98 Å². The van der Waals surface area contributed by atoms with E-state index in [1.807, 2.05) is 26.2 Å². The van der Waals surface area contributed by atoms with Crippen molar-refractivity contribution in [1.29, 1.82) is 0 Å². The number of carbonyl (C=O) groups is 1. The summed E-state index contributed by atoms with van der Waals surface area (Å²) in [4.78, 5) is 18.9. The number of nitrogens with one attached hydrogen (secondary N) is 1. The van der Waals surface area contributed by atoms with E-state index in [4.69, 9.17) is 0 Å². The minimum Gasteiger partial charge on any atom is -0.344 e. The van der Waals surface area contributed by atoms with Gasteiger partial charge >= 0.3 is 0 Å². The van der Waals surface area contributed by atoms with Crippen molar-refractivity contribution in [2.45, 2.75) is 45.6 Å². The van der Waals surface area contributed by atoms with Crippen LogP contribution in [0.4, 0.5) is 0 Å². The lowest BCUT2D eigenvalue weighted by molar-refractivity contribution is 0.0943. The smallest absolute Gasteiger partial charge is 0.262 e. The van der Waals surface area contributed by atoms with Crippen LogP contribution in [0.2, 0.25) is 0 Å². The summed E-state index contributed by atoms with van der Waals surface area (Å²) in [6.07, 6.45) is 2.44. The van der Waals surface area contributed by atoms with Crippen LogP contribution >= 0.6 is 22.7 Å². The third kappa shape index (κ3) is 2.65. The molecule has 1 fully saturated rings.